The van der Waals surface area contributed by atoms with Gasteiger partial charge in [-0.15, -0.1) is 0 Å². The van der Waals surface area contributed by atoms with Crippen LogP contribution < -0.4 is 0 Å². The maximum Gasteiger partial charge on any atom is 0.151 e. The second-order valence-electron chi connectivity index (χ2n) is 4.23. The van der Waals surface area contributed by atoms with Crippen LogP contribution >= 0.6 is 11.6 Å². The molecule has 3 rings (SSSR count). The van der Waals surface area contributed by atoms with Crippen molar-refractivity contribution < 1.29 is 4.79 Å². The smallest absolute Gasteiger partial charge is 0.151 e. The lowest BCUT2D eigenvalue weighted by Crippen LogP contribution is -1.87. The summed E-state index contributed by atoms with van der Waals surface area (Å²) < 4.78 is 0. The summed E-state index contributed by atoms with van der Waals surface area (Å²) in [7, 11) is 0. The summed E-state index contributed by atoms with van der Waals surface area (Å²) in [5.74, 6) is 0. The predicted octanol–water partition coefficient (Wildman–Crippen LogP) is 4.37. The van der Waals surface area contributed by atoms with E-state index in [2.05, 4.69) is 4.98 Å². The fraction of sp³-hybridized carbons (Fsp3) is 0. The molecule has 19 heavy (non-hydrogen) atoms. The maximum atomic E-state index is 11.0. The molecular formula is C16H10ClNO. The molecule has 2 aromatic carbocycles. The van der Waals surface area contributed by atoms with Gasteiger partial charge in [0.05, 0.1) is 10.5 Å². The Morgan fingerprint density at radius 2 is 1.95 bits per heavy atom. The van der Waals surface area contributed by atoms with Gasteiger partial charge in [0.25, 0.3) is 0 Å². The first-order valence-corrected chi connectivity index (χ1v) is 6.26. The number of carbonyl (C=O) groups excluding carboxylic acids is 1. The lowest BCUT2D eigenvalue weighted by molar-refractivity contribution is 0.112. The van der Waals surface area contributed by atoms with E-state index in [0.717, 1.165) is 28.3 Å². The van der Waals surface area contributed by atoms with Crippen LogP contribution in [0.3, 0.4) is 0 Å². The van der Waals surface area contributed by atoms with Crippen LogP contribution in [0, 0.1) is 0 Å². The van der Waals surface area contributed by atoms with Gasteiger partial charge in [-0.3, -0.25) is 9.78 Å². The SMILES string of the molecule is O=Cc1cc(-c2cccc3ncccc23)ccc1Cl. The number of aldehydes is 1. The Hall–Kier alpha value is -2.19. The van der Waals surface area contributed by atoms with Crippen molar-refractivity contribution in [3.63, 3.8) is 0 Å². The van der Waals surface area contributed by atoms with Gasteiger partial charge in [-0.1, -0.05) is 35.9 Å². The van der Waals surface area contributed by atoms with E-state index in [1.807, 2.05) is 36.4 Å². The molecule has 2 nitrogen and oxygen atoms in total. The summed E-state index contributed by atoms with van der Waals surface area (Å²) >= 11 is 5.96. The highest BCUT2D eigenvalue weighted by Gasteiger charge is 2.06. The molecule has 0 unspecified atom stereocenters. The molecule has 3 aromatic rings. The zero-order valence-corrected chi connectivity index (χ0v) is 10.8. The third kappa shape index (κ3) is 2.11. The van der Waals surface area contributed by atoms with Gasteiger partial charge in [-0.2, -0.15) is 0 Å². The van der Waals surface area contributed by atoms with E-state index < -0.39 is 0 Å². The van der Waals surface area contributed by atoms with E-state index in [1.165, 1.54) is 0 Å². The first-order valence-electron chi connectivity index (χ1n) is 5.88. The highest BCUT2D eigenvalue weighted by molar-refractivity contribution is 6.33. The van der Waals surface area contributed by atoms with Gasteiger partial charge in [0.2, 0.25) is 0 Å². The van der Waals surface area contributed by atoms with Crippen molar-refractivity contribution in [3.8, 4) is 11.1 Å². The lowest BCUT2D eigenvalue weighted by atomic mass is 9.99. The van der Waals surface area contributed by atoms with E-state index in [-0.39, 0.29) is 0 Å². The number of hydrogen-bond donors (Lipinski definition) is 0. The van der Waals surface area contributed by atoms with Crippen molar-refractivity contribution in [1.82, 2.24) is 4.98 Å². The van der Waals surface area contributed by atoms with Crippen LogP contribution in [-0.4, -0.2) is 11.3 Å². The molecule has 3 heteroatoms. The van der Waals surface area contributed by atoms with Crippen molar-refractivity contribution in [1.29, 1.82) is 0 Å². The Morgan fingerprint density at radius 3 is 2.79 bits per heavy atom. The van der Waals surface area contributed by atoms with Crippen LogP contribution in [0.1, 0.15) is 10.4 Å². The van der Waals surface area contributed by atoms with Gasteiger partial charge in [-0.05, 0) is 35.4 Å². The second-order valence-corrected chi connectivity index (χ2v) is 4.64. The van der Waals surface area contributed by atoms with E-state index in [1.54, 1.807) is 18.3 Å². The quantitative estimate of drug-likeness (QED) is 0.646. The molecule has 0 spiro atoms. The summed E-state index contributed by atoms with van der Waals surface area (Å²) in [6.45, 7) is 0. The Kier molecular flexibility index (Phi) is 3.02. The van der Waals surface area contributed by atoms with Crippen molar-refractivity contribution in [2.75, 3.05) is 0 Å². The van der Waals surface area contributed by atoms with Crippen molar-refractivity contribution >= 4 is 28.8 Å². The van der Waals surface area contributed by atoms with Crippen LogP contribution in [0.2, 0.25) is 5.02 Å². The third-order valence-electron chi connectivity index (χ3n) is 3.08. The number of carbonyl (C=O) groups is 1. The van der Waals surface area contributed by atoms with E-state index in [4.69, 9.17) is 11.6 Å². The molecule has 0 amide bonds. The van der Waals surface area contributed by atoms with Crippen molar-refractivity contribution in [2.45, 2.75) is 0 Å². The first-order chi connectivity index (χ1) is 9.29. The Bertz CT molecular complexity index is 762. The average molecular weight is 268 g/mol. The van der Waals surface area contributed by atoms with Crippen molar-refractivity contribution in [3.05, 3.63) is 65.3 Å². The molecule has 0 atom stereocenters. The van der Waals surface area contributed by atoms with Crippen LogP contribution in [0.4, 0.5) is 0 Å². The third-order valence-corrected chi connectivity index (χ3v) is 3.42. The molecule has 1 heterocycles. The molecule has 0 saturated carbocycles. The monoisotopic (exact) mass is 267 g/mol. The number of rotatable bonds is 2. The molecule has 0 saturated heterocycles. The number of aromatic nitrogens is 1. The van der Waals surface area contributed by atoms with Gasteiger partial charge < -0.3 is 0 Å². The normalized spacial score (nSPS) is 10.6. The van der Waals surface area contributed by atoms with E-state index >= 15 is 0 Å². The molecule has 0 aliphatic carbocycles. The molecular weight excluding hydrogens is 258 g/mol. The Morgan fingerprint density at radius 1 is 1.05 bits per heavy atom. The molecule has 92 valence electrons. The minimum atomic E-state index is 0.470. The van der Waals surface area contributed by atoms with Crippen LogP contribution in [0.25, 0.3) is 22.0 Å². The molecule has 0 fully saturated rings. The fourth-order valence-corrected chi connectivity index (χ4v) is 2.32. The minimum Gasteiger partial charge on any atom is -0.298 e. The highest BCUT2D eigenvalue weighted by atomic mass is 35.5. The van der Waals surface area contributed by atoms with Crippen LogP contribution in [0.15, 0.2) is 54.7 Å². The topological polar surface area (TPSA) is 30.0 Å². The zero-order valence-electron chi connectivity index (χ0n) is 10.0. The number of fused-ring (bicyclic) bond motifs is 1. The van der Waals surface area contributed by atoms with Gasteiger partial charge >= 0.3 is 0 Å². The molecule has 0 aliphatic rings. The molecule has 0 aliphatic heterocycles. The molecule has 0 bridgehead atoms. The van der Waals surface area contributed by atoms with E-state index in [9.17, 15) is 4.79 Å². The largest absolute Gasteiger partial charge is 0.298 e. The van der Waals surface area contributed by atoms with Gasteiger partial charge in [-0.25, -0.2) is 0 Å². The fourth-order valence-electron chi connectivity index (χ4n) is 2.16. The summed E-state index contributed by atoms with van der Waals surface area (Å²) in [6, 6.07) is 15.3. The Balaban J connectivity index is 2.27. The van der Waals surface area contributed by atoms with Gasteiger partial charge in [0.15, 0.2) is 6.29 Å². The van der Waals surface area contributed by atoms with Crippen LogP contribution in [-0.2, 0) is 0 Å². The van der Waals surface area contributed by atoms with Crippen LogP contribution in [0.5, 0.6) is 0 Å². The number of hydrogen-bond acceptors (Lipinski definition) is 2. The summed E-state index contributed by atoms with van der Waals surface area (Å²) in [5.41, 5.74) is 3.44. The maximum absolute atomic E-state index is 11.0. The summed E-state index contributed by atoms with van der Waals surface area (Å²) in [6.07, 6.45) is 2.54. The predicted molar refractivity (Wildman–Crippen MR) is 77.6 cm³/mol. The van der Waals surface area contributed by atoms with Crippen molar-refractivity contribution in [2.24, 2.45) is 0 Å². The molecule has 0 N–H and O–H groups in total. The second kappa shape index (κ2) is 4.82. The van der Waals surface area contributed by atoms with Gasteiger partial charge in [0.1, 0.15) is 0 Å². The number of benzene rings is 2. The van der Waals surface area contributed by atoms with E-state index in [0.29, 0.717) is 10.6 Å². The zero-order chi connectivity index (χ0) is 13.2. The number of halogens is 1. The first kappa shape index (κ1) is 11.9. The lowest BCUT2D eigenvalue weighted by Gasteiger charge is -2.07. The van der Waals surface area contributed by atoms with Gasteiger partial charge in [0, 0.05) is 17.1 Å². The molecule has 1 aromatic heterocycles. The molecule has 0 radical (unpaired) electrons. The minimum absolute atomic E-state index is 0.470. The number of nitrogens with zero attached hydrogens (tertiary/aromatic N) is 1. The standard InChI is InChI=1S/C16H10ClNO/c17-15-7-6-11(9-12(15)10-19)13-3-1-5-16-14(13)4-2-8-18-16/h1-10H. The summed E-state index contributed by atoms with van der Waals surface area (Å²) in [4.78, 5) is 15.3. The Labute approximate surface area is 115 Å². The summed E-state index contributed by atoms with van der Waals surface area (Å²) in [5, 5.41) is 1.53. The average Bonchev–Trinajstić information content (AvgIpc) is 2.47. The number of pyridine rings is 1. The highest BCUT2D eigenvalue weighted by Crippen LogP contribution is 2.29.